The number of nitrogens with one attached hydrogen (secondary N) is 2. The molecule has 164 valence electrons. The maximum Gasteiger partial charge on any atom is 0.306 e. The third-order valence-corrected chi connectivity index (χ3v) is 5.05. The summed E-state index contributed by atoms with van der Waals surface area (Å²) in [4.78, 5) is 17.4. The van der Waals surface area contributed by atoms with Crippen molar-refractivity contribution < 1.29 is 4.92 Å². The third-order valence-electron chi connectivity index (χ3n) is 5.05. The average molecular weight is 527 g/mol. The second-order valence-electron chi connectivity index (χ2n) is 7.32. The van der Waals surface area contributed by atoms with Gasteiger partial charge >= 0.3 is 5.69 Å². The molecule has 0 spiro atoms. The van der Waals surface area contributed by atoms with Crippen molar-refractivity contribution >= 4 is 35.6 Å². The Bertz CT molecular complexity index is 828. The zero-order valence-electron chi connectivity index (χ0n) is 17.4. The predicted molar refractivity (Wildman–Crippen MR) is 128 cm³/mol. The average Bonchev–Trinajstić information content (AvgIpc) is 3.30. The van der Waals surface area contributed by atoms with Gasteiger partial charge in [-0.15, -0.1) is 24.0 Å². The highest BCUT2D eigenvalue weighted by Crippen LogP contribution is 2.20. The van der Waals surface area contributed by atoms with Gasteiger partial charge in [0.05, 0.1) is 18.0 Å². The Labute approximate surface area is 194 Å². The van der Waals surface area contributed by atoms with Gasteiger partial charge < -0.3 is 10.6 Å². The minimum atomic E-state index is -0.444. The van der Waals surface area contributed by atoms with E-state index in [1.54, 1.807) is 4.68 Å². The van der Waals surface area contributed by atoms with Gasteiger partial charge in [-0.2, -0.15) is 5.10 Å². The molecule has 0 saturated carbocycles. The Morgan fingerprint density at radius 3 is 2.80 bits per heavy atom. The van der Waals surface area contributed by atoms with Crippen LogP contribution in [-0.2, 0) is 13.1 Å². The fourth-order valence-corrected chi connectivity index (χ4v) is 3.59. The van der Waals surface area contributed by atoms with Crippen molar-refractivity contribution in [2.45, 2.75) is 45.4 Å². The first-order valence-corrected chi connectivity index (χ1v) is 10.0. The third kappa shape index (κ3) is 6.94. The normalized spacial score (nSPS) is 19.3. The number of guanidine groups is 1. The lowest BCUT2D eigenvalue weighted by Gasteiger charge is -2.21. The van der Waals surface area contributed by atoms with Crippen LogP contribution < -0.4 is 10.6 Å². The minimum absolute atomic E-state index is 0. The number of hydrogen-bond acceptors (Lipinski definition) is 5. The second-order valence-corrected chi connectivity index (χ2v) is 7.32. The summed E-state index contributed by atoms with van der Waals surface area (Å²) in [5.41, 5.74) is 1.33. The van der Waals surface area contributed by atoms with Crippen LogP contribution in [0.2, 0.25) is 0 Å². The topological polar surface area (TPSA) is 101 Å². The number of likely N-dealkylation sites (tertiary alicyclic amines) is 1. The van der Waals surface area contributed by atoms with Gasteiger partial charge in [-0.25, -0.2) is 0 Å². The van der Waals surface area contributed by atoms with Crippen molar-refractivity contribution in [3.05, 3.63) is 58.4 Å². The molecule has 3 rings (SSSR count). The van der Waals surface area contributed by atoms with Crippen molar-refractivity contribution in [2.75, 3.05) is 19.6 Å². The molecule has 0 bridgehead atoms. The Morgan fingerprint density at radius 2 is 2.13 bits per heavy atom. The summed E-state index contributed by atoms with van der Waals surface area (Å²) in [5.74, 6) is 0.771. The summed E-state index contributed by atoms with van der Waals surface area (Å²) < 4.78 is 1.55. The van der Waals surface area contributed by atoms with Crippen molar-refractivity contribution in [2.24, 2.45) is 4.99 Å². The summed E-state index contributed by atoms with van der Waals surface area (Å²) in [6.45, 7) is 7.97. The lowest BCUT2D eigenvalue weighted by atomic mass is 10.2. The van der Waals surface area contributed by atoms with Crippen LogP contribution in [0.4, 0.5) is 5.69 Å². The Balaban J connectivity index is 0.00000320. The highest BCUT2D eigenvalue weighted by molar-refractivity contribution is 14.0. The smallest absolute Gasteiger partial charge is 0.306 e. The van der Waals surface area contributed by atoms with Gasteiger partial charge in [0.2, 0.25) is 0 Å². The van der Waals surface area contributed by atoms with Crippen molar-refractivity contribution in [1.29, 1.82) is 0 Å². The predicted octanol–water partition coefficient (Wildman–Crippen LogP) is 2.63. The molecule has 2 unspecified atom stereocenters. The van der Waals surface area contributed by atoms with E-state index in [1.807, 2.05) is 13.0 Å². The highest BCUT2D eigenvalue weighted by atomic mass is 127. The quantitative estimate of drug-likeness (QED) is 0.180. The molecule has 2 aromatic rings. The van der Waals surface area contributed by atoms with E-state index in [1.165, 1.54) is 18.0 Å². The molecule has 1 aromatic carbocycles. The zero-order chi connectivity index (χ0) is 20.6. The summed E-state index contributed by atoms with van der Waals surface area (Å²) in [6.07, 6.45) is 3.74. The first-order valence-electron chi connectivity index (χ1n) is 10.0. The van der Waals surface area contributed by atoms with Crippen LogP contribution in [0.25, 0.3) is 0 Å². The van der Waals surface area contributed by atoms with E-state index >= 15 is 0 Å². The van der Waals surface area contributed by atoms with E-state index in [0.717, 1.165) is 32.0 Å². The maximum atomic E-state index is 10.7. The fraction of sp³-hybridized carbons (Fsp3) is 0.500. The van der Waals surface area contributed by atoms with E-state index in [0.29, 0.717) is 25.2 Å². The van der Waals surface area contributed by atoms with Crippen LogP contribution in [0.1, 0.15) is 25.8 Å². The number of hydrogen-bond donors (Lipinski definition) is 2. The molecule has 2 atom stereocenters. The lowest BCUT2D eigenvalue weighted by Crippen LogP contribution is -2.44. The molecule has 2 N–H and O–H groups in total. The van der Waals surface area contributed by atoms with Gasteiger partial charge in [0.1, 0.15) is 12.4 Å². The zero-order valence-corrected chi connectivity index (χ0v) is 19.7. The molecule has 30 heavy (non-hydrogen) atoms. The fourth-order valence-electron chi connectivity index (χ4n) is 3.59. The molecule has 1 aromatic heterocycles. The number of halogens is 1. The van der Waals surface area contributed by atoms with Crippen LogP contribution >= 0.6 is 24.0 Å². The standard InChI is InChI=1S/C20H29N7O2.HI/c1-3-21-20(22-9-10-26-15-19(12-23-26)27(28)29)24-18-11-16(2)25(14-18)13-17-7-5-4-6-8-17;/h4-8,12,15-16,18H,3,9-11,13-14H2,1-2H3,(H2,21,22,24);1H. The summed E-state index contributed by atoms with van der Waals surface area (Å²) in [7, 11) is 0. The number of nitrogens with zero attached hydrogens (tertiary/aromatic N) is 5. The first kappa shape index (κ1) is 24.1. The van der Waals surface area contributed by atoms with E-state index in [2.05, 4.69) is 56.8 Å². The van der Waals surface area contributed by atoms with Gasteiger partial charge in [0, 0.05) is 31.7 Å². The summed E-state index contributed by atoms with van der Waals surface area (Å²) in [6, 6.07) is 11.4. The number of nitro groups is 1. The van der Waals surface area contributed by atoms with E-state index in [4.69, 9.17) is 0 Å². The van der Waals surface area contributed by atoms with Gasteiger partial charge in [0.25, 0.3) is 0 Å². The van der Waals surface area contributed by atoms with E-state index in [-0.39, 0.29) is 29.7 Å². The van der Waals surface area contributed by atoms with Crippen LogP contribution in [0, 0.1) is 10.1 Å². The molecule has 1 saturated heterocycles. The largest absolute Gasteiger partial charge is 0.357 e. The number of rotatable bonds is 8. The maximum absolute atomic E-state index is 10.7. The molecule has 0 amide bonds. The number of aromatic nitrogens is 2. The van der Waals surface area contributed by atoms with Crippen LogP contribution in [0.5, 0.6) is 0 Å². The van der Waals surface area contributed by atoms with Crippen molar-refractivity contribution in [1.82, 2.24) is 25.3 Å². The molecular formula is C20H30IN7O2. The van der Waals surface area contributed by atoms with Gasteiger partial charge in [-0.05, 0) is 25.8 Å². The van der Waals surface area contributed by atoms with Crippen molar-refractivity contribution in [3.8, 4) is 0 Å². The van der Waals surface area contributed by atoms with Gasteiger partial charge in [0.15, 0.2) is 5.96 Å². The SMILES string of the molecule is CCNC(=NCCn1cc([N+](=O)[O-])cn1)NC1CC(C)N(Cc2ccccc2)C1.I. The minimum Gasteiger partial charge on any atom is -0.357 e. The summed E-state index contributed by atoms with van der Waals surface area (Å²) in [5, 5.41) is 21.6. The van der Waals surface area contributed by atoms with Gasteiger partial charge in [-0.3, -0.25) is 24.7 Å². The van der Waals surface area contributed by atoms with E-state index < -0.39 is 4.92 Å². The molecular weight excluding hydrogens is 497 g/mol. The Morgan fingerprint density at radius 1 is 1.37 bits per heavy atom. The van der Waals surface area contributed by atoms with Gasteiger partial charge in [-0.1, -0.05) is 30.3 Å². The molecule has 1 aliphatic heterocycles. The molecule has 2 heterocycles. The first-order chi connectivity index (χ1) is 14.0. The molecule has 0 aliphatic carbocycles. The van der Waals surface area contributed by atoms with Crippen LogP contribution in [0.3, 0.4) is 0 Å². The molecule has 10 heteroatoms. The second kappa shape index (κ2) is 11.8. The molecule has 1 aliphatic rings. The Hall–Kier alpha value is -2.21. The Kier molecular flexibility index (Phi) is 9.50. The van der Waals surface area contributed by atoms with Crippen LogP contribution in [-0.4, -0.2) is 57.3 Å². The number of benzene rings is 1. The highest BCUT2D eigenvalue weighted by Gasteiger charge is 2.29. The number of aliphatic imine (C=N–C) groups is 1. The molecule has 0 radical (unpaired) electrons. The lowest BCUT2D eigenvalue weighted by molar-refractivity contribution is -0.385. The van der Waals surface area contributed by atoms with E-state index in [9.17, 15) is 10.1 Å². The molecule has 9 nitrogen and oxygen atoms in total. The summed E-state index contributed by atoms with van der Waals surface area (Å²) >= 11 is 0. The van der Waals surface area contributed by atoms with Crippen molar-refractivity contribution in [3.63, 3.8) is 0 Å². The monoisotopic (exact) mass is 527 g/mol. The molecule has 1 fully saturated rings. The van der Waals surface area contributed by atoms with Crippen LogP contribution in [0.15, 0.2) is 47.7 Å².